The topological polar surface area (TPSA) is 54.0 Å². The maximum atomic E-state index is 12.0. The summed E-state index contributed by atoms with van der Waals surface area (Å²) in [5, 5.41) is 7.38. The van der Waals surface area contributed by atoms with Crippen LogP contribution in [0.3, 0.4) is 0 Å². The van der Waals surface area contributed by atoms with Gasteiger partial charge in [-0.2, -0.15) is 0 Å². The zero-order chi connectivity index (χ0) is 12.5. The number of carbonyl (C=O) groups excluding carboxylic acids is 1. The summed E-state index contributed by atoms with van der Waals surface area (Å²) in [5.41, 5.74) is 0.846. The molecule has 0 atom stereocenters. The Morgan fingerprint density at radius 1 is 1.22 bits per heavy atom. The molecule has 0 unspecified atom stereocenters. The minimum Gasteiger partial charge on any atom is -0.359 e. The summed E-state index contributed by atoms with van der Waals surface area (Å²) in [7, 11) is 0. The van der Waals surface area contributed by atoms with Crippen molar-refractivity contribution in [3.05, 3.63) is 10.6 Å². The molecule has 3 rings (SSSR count). The lowest BCUT2D eigenvalue weighted by molar-refractivity contribution is 0.0954. The second-order valence-corrected chi connectivity index (χ2v) is 6.31. The number of aromatic nitrogens is 1. The van der Waals surface area contributed by atoms with Gasteiger partial charge >= 0.3 is 0 Å². The Morgan fingerprint density at radius 2 is 1.94 bits per heavy atom. The molecule has 1 amide bonds. The molecule has 2 N–H and O–H groups in total. The molecule has 2 fully saturated rings. The molecule has 0 spiro atoms. The predicted molar refractivity (Wildman–Crippen MR) is 73.2 cm³/mol. The molecule has 0 bridgehead atoms. The Kier molecular flexibility index (Phi) is 3.24. The molecule has 1 aromatic heterocycles. The van der Waals surface area contributed by atoms with E-state index in [-0.39, 0.29) is 5.91 Å². The van der Waals surface area contributed by atoms with Gasteiger partial charge in [0.1, 0.15) is 4.88 Å². The van der Waals surface area contributed by atoms with E-state index in [4.69, 9.17) is 0 Å². The van der Waals surface area contributed by atoms with E-state index in [1.807, 2.05) is 6.92 Å². The summed E-state index contributed by atoms with van der Waals surface area (Å²) >= 11 is 1.49. The van der Waals surface area contributed by atoms with Gasteiger partial charge in [-0.05, 0) is 32.6 Å². The summed E-state index contributed by atoms with van der Waals surface area (Å²) in [6.07, 6.45) is 7.30. The molecule has 2 aliphatic rings. The Balaban J connectivity index is 1.66. The molecule has 0 saturated heterocycles. The van der Waals surface area contributed by atoms with E-state index in [9.17, 15) is 4.79 Å². The highest BCUT2D eigenvalue weighted by molar-refractivity contribution is 7.17. The molecule has 98 valence electrons. The Labute approximate surface area is 111 Å². The first-order valence-electron chi connectivity index (χ1n) is 6.77. The quantitative estimate of drug-likeness (QED) is 0.880. The Bertz CT molecular complexity index is 447. The average Bonchev–Trinajstić information content (AvgIpc) is 2.86. The van der Waals surface area contributed by atoms with E-state index >= 15 is 0 Å². The van der Waals surface area contributed by atoms with Crippen LogP contribution in [0.15, 0.2) is 0 Å². The van der Waals surface area contributed by atoms with Crippen molar-refractivity contribution in [3.63, 3.8) is 0 Å². The highest BCUT2D eigenvalue weighted by Gasteiger charge is 2.26. The van der Waals surface area contributed by atoms with Crippen molar-refractivity contribution >= 4 is 22.4 Å². The molecule has 1 heterocycles. The van der Waals surface area contributed by atoms with Gasteiger partial charge in [-0.25, -0.2) is 4.98 Å². The molecule has 2 aliphatic carbocycles. The molecule has 18 heavy (non-hydrogen) atoms. The highest BCUT2D eigenvalue weighted by Crippen LogP contribution is 2.28. The van der Waals surface area contributed by atoms with Crippen LogP contribution in [0.4, 0.5) is 5.13 Å². The van der Waals surface area contributed by atoms with Crippen LogP contribution in [0.25, 0.3) is 0 Å². The van der Waals surface area contributed by atoms with Gasteiger partial charge < -0.3 is 10.6 Å². The second-order valence-electron chi connectivity index (χ2n) is 5.31. The third-order valence-electron chi connectivity index (χ3n) is 3.60. The van der Waals surface area contributed by atoms with E-state index in [2.05, 4.69) is 15.6 Å². The first-order chi connectivity index (χ1) is 8.72. The van der Waals surface area contributed by atoms with E-state index in [0.717, 1.165) is 28.5 Å². The van der Waals surface area contributed by atoms with Gasteiger partial charge in [0.15, 0.2) is 5.13 Å². The summed E-state index contributed by atoms with van der Waals surface area (Å²) < 4.78 is 0. The summed E-state index contributed by atoms with van der Waals surface area (Å²) in [6.45, 7) is 1.91. The first kappa shape index (κ1) is 12.0. The maximum Gasteiger partial charge on any atom is 0.263 e. The molecular formula is C13H19N3OS. The molecule has 0 aliphatic heterocycles. The SMILES string of the molecule is Cc1nc(NC2CCCC2)sc1C(=O)NC1CC1. The van der Waals surface area contributed by atoms with Crippen molar-refractivity contribution in [1.29, 1.82) is 0 Å². The number of thiazole rings is 1. The van der Waals surface area contributed by atoms with Crippen molar-refractivity contribution in [2.75, 3.05) is 5.32 Å². The molecule has 2 saturated carbocycles. The van der Waals surface area contributed by atoms with Crippen molar-refractivity contribution in [1.82, 2.24) is 10.3 Å². The summed E-state index contributed by atoms with van der Waals surface area (Å²) in [6, 6.07) is 0.958. The van der Waals surface area contributed by atoms with Gasteiger partial charge in [0.2, 0.25) is 0 Å². The van der Waals surface area contributed by atoms with Gasteiger partial charge in [-0.3, -0.25) is 4.79 Å². The van der Waals surface area contributed by atoms with Crippen molar-refractivity contribution in [2.24, 2.45) is 0 Å². The van der Waals surface area contributed by atoms with Gasteiger partial charge in [-0.1, -0.05) is 24.2 Å². The number of aryl methyl sites for hydroxylation is 1. The number of anilines is 1. The van der Waals surface area contributed by atoms with Crippen LogP contribution in [0, 0.1) is 6.92 Å². The lowest BCUT2D eigenvalue weighted by Crippen LogP contribution is -2.25. The first-order valence-corrected chi connectivity index (χ1v) is 7.59. The smallest absolute Gasteiger partial charge is 0.263 e. The van der Waals surface area contributed by atoms with Crippen molar-refractivity contribution in [2.45, 2.75) is 57.5 Å². The highest BCUT2D eigenvalue weighted by atomic mass is 32.1. The monoisotopic (exact) mass is 265 g/mol. The fourth-order valence-corrected chi connectivity index (χ4v) is 3.34. The molecular weight excluding hydrogens is 246 g/mol. The Morgan fingerprint density at radius 3 is 2.61 bits per heavy atom. The van der Waals surface area contributed by atoms with Crippen LogP contribution in [0.1, 0.15) is 53.9 Å². The molecule has 0 aromatic carbocycles. The third kappa shape index (κ3) is 2.66. The fraction of sp³-hybridized carbons (Fsp3) is 0.692. The van der Waals surface area contributed by atoms with Crippen LogP contribution in [-0.2, 0) is 0 Å². The minimum atomic E-state index is 0.0481. The average molecular weight is 265 g/mol. The number of hydrogen-bond donors (Lipinski definition) is 2. The van der Waals surface area contributed by atoms with Crippen LogP contribution >= 0.6 is 11.3 Å². The number of carbonyl (C=O) groups is 1. The van der Waals surface area contributed by atoms with E-state index in [0.29, 0.717) is 12.1 Å². The van der Waals surface area contributed by atoms with Gasteiger partial charge in [0.05, 0.1) is 5.69 Å². The molecule has 5 heteroatoms. The minimum absolute atomic E-state index is 0.0481. The standard InChI is InChI=1S/C13H19N3OS/c1-8-11(12(17)15-10-6-7-10)18-13(14-8)16-9-4-2-3-5-9/h9-10H,2-7H2,1H3,(H,14,16)(H,15,17). The van der Waals surface area contributed by atoms with E-state index in [1.165, 1.54) is 37.0 Å². The summed E-state index contributed by atoms with van der Waals surface area (Å²) in [5.74, 6) is 0.0481. The number of rotatable bonds is 4. The van der Waals surface area contributed by atoms with Crippen molar-refractivity contribution < 1.29 is 4.79 Å². The van der Waals surface area contributed by atoms with Crippen molar-refractivity contribution in [3.8, 4) is 0 Å². The molecule has 0 radical (unpaired) electrons. The van der Waals surface area contributed by atoms with Gasteiger partial charge in [0.25, 0.3) is 5.91 Å². The van der Waals surface area contributed by atoms with Gasteiger partial charge in [-0.15, -0.1) is 0 Å². The molecule has 1 aromatic rings. The normalized spacial score (nSPS) is 20.1. The maximum absolute atomic E-state index is 12.0. The van der Waals surface area contributed by atoms with Gasteiger partial charge in [0, 0.05) is 12.1 Å². The number of amides is 1. The zero-order valence-electron chi connectivity index (χ0n) is 10.7. The van der Waals surface area contributed by atoms with Crippen LogP contribution in [-0.4, -0.2) is 23.0 Å². The number of nitrogens with zero attached hydrogens (tertiary/aromatic N) is 1. The van der Waals surface area contributed by atoms with E-state index < -0.39 is 0 Å². The lowest BCUT2D eigenvalue weighted by Gasteiger charge is -2.09. The zero-order valence-corrected chi connectivity index (χ0v) is 11.5. The number of hydrogen-bond acceptors (Lipinski definition) is 4. The number of nitrogens with one attached hydrogen (secondary N) is 2. The third-order valence-corrected chi connectivity index (χ3v) is 4.69. The van der Waals surface area contributed by atoms with Crippen LogP contribution in [0.2, 0.25) is 0 Å². The lowest BCUT2D eigenvalue weighted by atomic mass is 10.3. The Hall–Kier alpha value is -1.10. The largest absolute Gasteiger partial charge is 0.359 e. The fourth-order valence-electron chi connectivity index (χ4n) is 2.39. The van der Waals surface area contributed by atoms with E-state index in [1.54, 1.807) is 0 Å². The van der Waals surface area contributed by atoms with Crippen LogP contribution < -0.4 is 10.6 Å². The second kappa shape index (κ2) is 4.88. The van der Waals surface area contributed by atoms with Crippen LogP contribution in [0.5, 0.6) is 0 Å². The summed E-state index contributed by atoms with van der Waals surface area (Å²) in [4.78, 5) is 17.2. The predicted octanol–water partition coefficient (Wildman–Crippen LogP) is 2.70. The molecule has 4 nitrogen and oxygen atoms in total.